The number of carboxylic acids is 1. The second-order valence-electron chi connectivity index (χ2n) is 5.88. The zero-order chi connectivity index (χ0) is 11.9. The second kappa shape index (κ2) is 4.36. The van der Waals surface area contributed by atoms with E-state index in [1.165, 1.54) is 6.42 Å². The Hall–Kier alpha value is -0.570. The van der Waals surface area contributed by atoms with E-state index in [1.807, 2.05) is 0 Å². The van der Waals surface area contributed by atoms with Crippen molar-refractivity contribution in [2.75, 3.05) is 6.54 Å². The highest BCUT2D eigenvalue weighted by Crippen LogP contribution is 2.39. The molecule has 3 nitrogen and oxygen atoms in total. The lowest BCUT2D eigenvalue weighted by Crippen LogP contribution is -2.54. The largest absolute Gasteiger partial charge is 0.480 e. The average molecular weight is 225 g/mol. The van der Waals surface area contributed by atoms with Gasteiger partial charge in [-0.15, -0.1) is 0 Å². The highest BCUT2D eigenvalue weighted by atomic mass is 16.4. The maximum Gasteiger partial charge on any atom is 0.321 e. The lowest BCUT2D eigenvalue weighted by molar-refractivity contribution is -0.147. The van der Waals surface area contributed by atoms with Crippen LogP contribution in [0.3, 0.4) is 0 Å². The van der Waals surface area contributed by atoms with Crippen LogP contribution in [0.25, 0.3) is 0 Å². The van der Waals surface area contributed by atoms with Gasteiger partial charge in [-0.05, 0) is 43.9 Å². The molecule has 0 radical (unpaired) electrons. The Balaban J connectivity index is 2.12. The van der Waals surface area contributed by atoms with Crippen LogP contribution in [0.4, 0.5) is 0 Å². The number of carboxylic acid groups (broad SMARTS) is 1. The highest BCUT2D eigenvalue weighted by Gasteiger charge is 2.44. The van der Waals surface area contributed by atoms with Crippen molar-refractivity contribution >= 4 is 5.97 Å². The molecule has 0 amide bonds. The minimum absolute atomic E-state index is 0.222. The second-order valence-corrected chi connectivity index (χ2v) is 5.88. The Bertz CT molecular complexity index is 275. The first-order valence-corrected chi connectivity index (χ1v) is 6.49. The Labute approximate surface area is 97.8 Å². The van der Waals surface area contributed by atoms with Crippen LogP contribution >= 0.6 is 0 Å². The van der Waals surface area contributed by atoms with Crippen molar-refractivity contribution < 1.29 is 9.90 Å². The van der Waals surface area contributed by atoms with Crippen molar-refractivity contribution in [1.82, 2.24) is 4.90 Å². The third-order valence-electron chi connectivity index (χ3n) is 4.32. The van der Waals surface area contributed by atoms with E-state index in [0.29, 0.717) is 23.8 Å². The summed E-state index contributed by atoms with van der Waals surface area (Å²) in [4.78, 5) is 13.6. The van der Waals surface area contributed by atoms with Gasteiger partial charge < -0.3 is 5.11 Å². The first-order chi connectivity index (χ1) is 7.50. The predicted molar refractivity (Wildman–Crippen MR) is 63.3 cm³/mol. The topological polar surface area (TPSA) is 40.5 Å². The number of rotatable bonds is 3. The summed E-state index contributed by atoms with van der Waals surface area (Å²) in [7, 11) is 0. The van der Waals surface area contributed by atoms with Crippen molar-refractivity contribution in [2.24, 2.45) is 17.8 Å². The molecule has 1 heterocycles. The lowest BCUT2D eigenvalue weighted by atomic mass is 9.84. The molecule has 0 aromatic heterocycles. The summed E-state index contributed by atoms with van der Waals surface area (Å²) in [5.41, 5.74) is 0. The van der Waals surface area contributed by atoms with E-state index in [-0.39, 0.29) is 6.04 Å². The summed E-state index contributed by atoms with van der Waals surface area (Å²) in [6.45, 7) is 7.63. The maximum absolute atomic E-state index is 11.4. The first kappa shape index (κ1) is 11.9. The summed E-state index contributed by atoms with van der Waals surface area (Å²) in [6.07, 6.45) is 3.43. The molecule has 2 fully saturated rings. The zero-order valence-corrected chi connectivity index (χ0v) is 10.5. The molecule has 1 N–H and O–H groups in total. The molecule has 4 atom stereocenters. The molecule has 0 spiro atoms. The Morgan fingerprint density at radius 1 is 1.31 bits per heavy atom. The molecule has 2 rings (SSSR count). The van der Waals surface area contributed by atoms with E-state index in [9.17, 15) is 9.90 Å². The Morgan fingerprint density at radius 3 is 2.44 bits per heavy atom. The van der Waals surface area contributed by atoms with E-state index in [2.05, 4.69) is 25.7 Å². The van der Waals surface area contributed by atoms with Crippen LogP contribution in [-0.4, -0.2) is 34.6 Å². The van der Waals surface area contributed by atoms with Gasteiger partial charge in [-0.3, -0.25) is 9.69 Å². The number of hydrogen-bond acceptors (Lipinski definition) is 2. The average Bonchev–Trinajstić information content (AvgIpc) is 2.97. The van der Waals surface area contributed by atoms with Crippen LogP contribution in [-0.2, 0) is 4.79 Å². The summed E-state index contributed by atoms with van der Waals surface area (Å²) in [6, 6.07) is 0.193. The third kappa shape index (κ3) is 2.24. The summed E-state index contributed by atoms with van der Waals surface area (Å²) < 4.78 is 0. The van der Waals surface area contributed by atoms with Gasteiger partial charge in [0.1, 0.15) is 6.04 Å². The number of nitrogens with zero attached hydrogens (tertiary/aromatic N) is 1. The van der Waals surface area contributed by atoms with E-state index < -0.39 is 5.97 Å². The van der Waals surface area contributed by atoms with Gasteiger partial charge in [0.25, 0.3) is 0 Å². The molecular weight excluding hydrogens is 202 g/mol. The van der Waals surface area contributed by atoms with Crippen molar-refractivity contribution in [2.45, 2.75) is 52.1 Å². The van der Waals surface area contributed by atoms with Gasteiger partial charge in [0.15, 0.2) is 0 Å². The molecule has 2 aliphatic rings. The fourth-order valence-corrected chi connectivity index (χ4v) is 3.15. The van der Waals surface area contributed by atoms with Gasteiger partial charge in [-0.2, -0.15) is 0 Å². The van der Waals surface area contributed by atoms with Gasteiger partial charge >= 0.3 is 5.97 Å². The standard InChI is InChI=1S/C13H23NO2/c1-8-6-9(2)10(3)14(7-8)12(13(15)16)11-4-5-11/h8-12H,4-7H2,1-3H3,(H,15,16). The van der Waals surface area contributed by atoms with E-state index in [0.717, 1.165) is 19.4 Å². The molecule has 1 aliphatic heterocycles. The van der Waals surface area contributed by atoms with Gasteiger partial charge in [-0.1, -0.05) is 13.8 Å². The lowest BCUT2D eigenvalue weighted by Gasteiger charge is -2.44. The van der Waals surface area contributed by atoms with Crippen LogP contribution in [0.2, 0.25) is 0 Å². The van der Waals surface area contributed by atoms with Crippen LogP contribution in [0.15, 0.2) is 0 Å². The van der Waals surface area contributed by atoms with Gasteiger partial charge in [0.2, 0.25) is 0 Å². The van der Waals surface area contributed by atoms with Crippen LogP contribution in [0.5, 0.6) is 0 Å². The van der Waals surface area contributed by atoms with E-state index in [4.69, 9.17) is 0 Å². The molecule has 16 heavy (non-hydrogen) atoms. The van der Waals surface area contributed by atoms with Gasteiger partial charge in [0, 0.05) is 12.6 Å². The summed E-state index contributed by atoms with van der Waals surface area (Å²) >= 11 is 0. The monoisotopic (exact) mass is 225 g/mol. The maximum atomic E-state index is 11.4. The van der Waals surface area contributed by atoms with Crippen LogP contribution in [0.1, 0.15) is 40.0 Å². The Kier molecular flexibility index (Phi) is 3.24. The first-order valence-electron chi connectivity index (χ1n) is 6.49. The molecule has 3 heteroatoms. The minimum Gasteiger partial charge on any atom is -0.480 e. The molecule has 0 bridgehead atoms. The number of piperidine rings is 1. The van der Waals surface area contributed by atoms with Crippen molar-refractivity contribution in [3.05, 3.63) is 0 Å². The highest BCUT2D eigenvalue weighted by molar-refractivity contribution is 5.74. The summed E-state index contributed by atoms with van der Waals surface area (Å²) in [5.74, 6) is 1.05. The Morgan fingerprint density at radius 2 is 1.94 bits per heavy atom. The molecule has 1 saturated heterocycles. The molecular formula is C13H23NO2. The molecule has 0 aromatic carbocycles. The normalized spacial score (nSPS) is 38.3. The predicted octanol–water partition coefficient (Wildman–Crippen LogP) is 2.22. The third-order valence-corrected chi connectivity index (χ3v) is 4.32. The molecule has 1 aliphatic carbocycles. The zero-order valence-electron chi connectivity index (χ0n) is 10.5. The number of hydrogen-bond donors (Lipinski definition) is 1. The van der Waals surface area contributed by atoms with E-state index in [1.54, 1.807) is 0 Å². The van der Waals surface area contributed by atoms with Crippen molar-refractivity contribution in [1.29, 1.82) is 0 Å². The number of likely N-dealkylation sites (tertiary alicyclic amines) is 1. The van der Waals surface area contributed by atoms with Crippen LogP contribution < -0.4 is 0 Å². The fourth-order valence-electron chi connectivity index (χ4n) is 3.15. The molecule has 0 aromatic rings. The molecule has 92 valence electrons. The number of aliphatic carboxylic acids is 1. The summed E-state index contributed by atoms with van der Waals surface area (Å²) in [5, 5.41) is 9.38. The van der Waals surface area contributed by atoms with Gasteiger partial charge in [0.05, 0.1) is 0 Å². The van der Waals surface area contributed by atoms with Crippen molar-refractivity contribution in [3.8, 4) is 0 Å². The minimum atomic E-state index is -0.615. The SMILES string of the molecule is CC1CC(C)C(C)N(C(C(=O)O)C2CC2)C1. The molecule has 1 saturated carbocycles. The fraction of sp³-hybridized carbons (Fsp3) is 0.923. The van der Waals surface area contributed by atoms with Gasteiger partial charge in [-0.25, -0.2) is 0 Å². The quantitative estimate of drug-likeness (QED) is 0.800. The van der Waals surface area contributed by atoms with Crippen LogP contribution in [0, 0.1) is 17.8 Å². The smallest absolute Gasteiger partial charge is 0.321 e. The van der Waals surface area contributed by atoms with Crippen molar-refractivity contribution in [3.63, 3.8) is 0 Å². The number of carbonyl (C=O) groups is 1. The molecule has 4 unspecified atom stereocenters. The van der Waals surface area contributed by atoms with E-state index >= 15 is 0 Å².